The van der Waals surface area contributed by atoms with Crippen molar-refractivity contribution in [3.8, 4) is 0 Å². The van der Waals surface area contributed by atoms with Crippen LogP contribution in [0.2, 0.25) is 0 Å². The molecule has 0 saturated heterocycles. The van der Waals surface area contributed by atoms with E-state index in [0.717, 1.165) is 6.20 Å². The number of fused-ring (bicyclic) bond motifs is 1. The van der Waals surface area contributed by atoms with Gasteiger partial charge in [0.15, 0.2) is 0 Å². The van der Waals surface area contributed by atoms with Crippen LogP contribution in [0.15, 0.2) is 6.20 Å². The molecule has 1 aromatic rings. The molecule has 0 aromatic carbocycles. The van der Waals surface area contributed by atoms with Crippen LogP contribution in [0.25, 0.3) is 0 Å². The number of carbonyl (C=O) groups is 1. The summed E-state index contributed by atoms with van der Waals surface area (Å²) in [6.07, 6.45) is 1.45. The average molecular weight is 182 g/mol. The molecule has 1 N–H and O–H groups in total. The number of anilines is 1. The monoisotopic (exact) mass is 182 g/mol. The Bertz CT molecular complexity index is 383. The maximum absolute atomic E-state index is 10.9. The summed E-state index contributed by atoms with van der Waals surface area (Å²) >= 11 is 0. The lowest BCUT2D eigenvalue weighted by Gasteiger charge is -2.12. The second-order valence-electron chi connectivity index (χ2n) is 2.66. The molecule has 0 radical (unpaired) electrons. The van der Waals surface area contributed by atoms with Crippen LogP contribution >= 0.6 is 0 Å². The quantitative estimate of drug-likeness (QED) is 0.493. The minimum Gasteiger partial charge on any atom is -0.305 e. The van der Waals surface area contributed by atoms with E-state index in [1.807, 2.05) is 0 Å². The van der Waals surface area contributed by atoms with Crippen molar-refractivity contribution in [1.82, 2.24) is 9.78 Å². The number of rotatable bonds is 1. The first kappa shape index (κ1) is 7.71. The molecule has 2 heterocycles. The molecule has 0 bridgehead atoms. The first-order valence-electron chi connectivity index (χ1n) is 3.68. The Balaban J connectivity index is 2.46. The molecule has 7 heteroatoms. The second-order valence-corrected chi connectivity index (χ2v) is 2.66. The lowest BCUT2D eigenvalue weighted by molar-refractivity contribution is -0.384. The molecule has 0 atom stereocenters. The van der Waals surface area contributed by atoms with Crippen molar-refractivity contribution in [1.29, 1.82) is 0 Å². The zero-order chi connectivity index (χ0) is 9.42. The van der Waals surface area contributed by atoms with Gasteiger partial charge in [-0.2, -0.15) is 5.10 Å². The Kier molecular flexibility index (Phi) is 1.51. The van der Waals surface area contributed by atoms with E-state index in [1.54, 1.807) is 0 Å². The van der Waals surface area contributed by atoms with E-state index in [0.29, 0.717) is 13.0 Å². The molecular formula is C6H6N4O3. The van der Waals surface area contributed by atoms with Crippen LogP contribution in [-0.2, 0) is 11.3 Å². The summed E-state index contributed by atoms with van der Waals surface area (Å²) in [7, 11) is 0. The summed E-state index contributed by atoms with van der Waals surface area (Å²) in [5.74, 6) is -0.0302. The standard InChI is InChI=1S/C6H6N4O3/c11-5-1-2-9-6(8-5)4(3-7-9)10(12)13/h3H,1-2H2,(H,8,11). The highest BCUT2D eigenvalue weighted by molar-refractivity contribution is 5.93. The molecule has 7 nitrogen and oxygen atoms in total. The Morgan fingerprint density at radius 2 is 2.46 bits per heavy atom. The number of hydrogen-bond donors (Lipinski definition) is 1. The number of aromatic nitrogens is 2. The summed E-state index contributed by atoms with van der Waals surface area (Å²) in [4.78, 5) is 20.8. The fourth-order valence-electron chi connectivity index (χ4n) is 1.21. The van der Waals surface area contributed by atoms with Crippen molar-refractivity contribution >= 4 is 17.4 Å². The molecule has 1 amide bonds. The first-order chi connectivity index (χ1) is 6.18. The van der Waals surface area contributed by atoms with Gasteiger partial charge in [0.1, 0.15) is 6.20 Å². The summed E-state index contributed by atoms with van der Waals surface area (Å²) in [5.41, 5.74) is -0.159. The number of nitrogens with one attached hydrogen (secondary N) is 1. The van der Waals surface area contributed by atoms with Crippen molar-refractivity contribution in [2.75, 3.05) is 5.32 Å². The van der Waals surface area contributed by atoms with Gasteiger partial charge in [-0.3, -0.25) is 14.9 Å². The van der Waals surface area contributed by atoms with E-state index in [4.69, 9.17) is 0 Å². The van der Waals surface area contributed by atoms with E-state index in [-0.39, 0.29) is 17.4 Å². The van der Waals surface area contributed by atoms with Crippen molar-refractivity contribution in [3.63, 3.8) is 0 Å². The SMILES string of the molecule is O=C1CCn2ncc([N+](=O)[O-])c2N1. The second kappa shape index (κ2) is 2.54. The van der Waals surface area contributed by atoms with Gasteiger partial charge in [0.25, 0.3) is 0 Å². The third kappa shape index (κ3) is 1.13. The molecular weight excluding hydrogens is 176 g/mol. The molecule has 13 heavy (non-hydrogen) atoms. The molecule has 0 spiro atoms. The number of nitro groups is 1. The minimum atomic E-state index is -0.565. The molecule has 68 valence electrons. The van der Waals surface area contributed by atoms with E-state index in [2.05, 4.69) is 10.4 Å². The highest BCUT2D eigenvalue weighted by atomic mass is 16.6. The van der Waals surface area contributed by atoms with Crippen LogP contribution in [0.5, 0.6) is 0 Å². The Hall–Kier alpha value is -1.92. The zero-order valence-electron chi connectivity index (χ0n) is 6.56. The van der Waals surface area contributed by atoms with E-state index < -0.39 is 4.92 Å². The molecule has 1 aliphatic rings. The molecule has 2 rings (SSSR count). The number of hydrogen-bond acceptors (Lipinski definition) is 4. The maximum atomic E-state index is 10.9. The predicted molar refractivity (Wildman–Crippen MR) is 42.1 cm³/mol. The highest BCUT2D eigenvalue weighted by Gasteiger charge is 2.25. The summed E-state index contributed by atoms with van der Waals surface area (Å²) < 4.78 is 1.42. The smallest absolute Gasteiger partial charge is 0.305 e. The van der Waals surface area contributed by atoms with E-state index in [9.17, 15) is 14.9 Å². The van der Waals surface area contributed by atoms with Crippen molar-refractivity contribution < 1.29 is 9.72 Å². The lowest BCUT2D eigenvalue weighted by Crippen LogP contribution is -2.23. The van der Waals surface area contributed by atoms with Crippen LogP contribution in [0, 0.1) is 10.1 Å². The van der Waals surface area contributed by atoms with Gasteiger partial charge in [-0.25, -0.2) is 4.68 Å². The van der Waals surface area contributed by atoms with Crippen molar-refractivity contribution in [2.45, 2.75) is 13.0 Å². The van der Waals surface area contributed by atoms with Crippen LogP contribution in [0.3, 0.4) is 0 Å². The predicted octanol–water partition coefficient (Wildman–Crippen LogP) is 0.133. The first-order valence-corrected chi connectivity index (χ1v) is 3.68. The van der Waals surface area contributed by atoms with Crippen LogP contribution in [-0.4, -0.2) is 20.6 Å². The normalized spacial score (nSPS) is 14.9. The van der Waals surface area contributed by atoms with Gasteiger partial charge in [0.2, 0.25) is 11.7 Å². The molecule has 0 aliphatic carbocycles. The third-order valence-electron chi connectivity index (χ3n) is 1.83. The number of aryl methyl sites for hydroxylation is 1. The Morgan fingerprint density at radius 3 is 3.15 bits per heavy atom. The van der Waals surface area contributed by atoms with Gasteiger partial charge in [0, 0.05) is 6.42 Å². The molecule has 1 aliphatic heterocycles. The largest absolute Gasteiger partial charge is 0.331 e. The fourth-order valence-corrected chi connectivity index (χ4v) is 1.21. The number of nitrogens with zero attached hydrogens (tertiary/aromatic N) is 3. The highest BCUT2D eigenvalue weighted by Crippen LogP contribution is 2.26. The molecule has 1 aromatic heterocycles. The summed E-state index contributed by atoms with van der Waals surface area (Å²) in [6.45, 7) is 0.398. The van der Waals surface area contributed by atoms with Gasteiger partial charge in [0.05, 0.1) is 11.5 Å². The van der Waals surface area contributed by atoms with E-state index in [1.165, 1.54) is 4.68 Å². The minimum absolute atomic E-state index is 0.159. The molecule has 0 fully saturated rings. The van der Waals surface area contributed by atoms with Gasteiger partial charge >= 0.3 is 5.69 Å². The van der Waals surface area contributed by atoms with Crippen LogP contribution in [0.1, 0.15) is 6.42 Å². The topological polar surface area (TPSA) is 90.1 Å². The van der Waals surface area contributed by atoms with Gasteiger partial charge < -0.3 is 5.32 Å². The zero-order valence-corrected chi connectivity index (χ0v) is 6.56. The summed E-state index contributed by atoms with van der Waals surface area (Å²) in [5, 5.41) is 16.6. The Morgan fingerprint density at radius 1 is 1.69 bits per heavy atom. The van der Waals surface area contributed by atoms with Gasteiger partial charge in [-0.05, 0) is 0 Å². The van der Waals surface area contributed by atoms with Crippen molar-refractivity contribution in [3.05, 3.63) is 16.3 Å². The molecule has 0 saturated carbocycles. The summed E-state index contributed by atoms with van der Waals surface area (Å²) in [6, 6.07) is 0. The van der Waals surface area contributed by atoms with Gasteiger partial charge in [-0.1, -0.05) is 0 Å². The average Bonchev–Trinajstić information content (AvgIpc) is 2.46. The lowest BCUT2D eigenvalue weighted by atomic mass is 10.3. The van der Waals surface area contributed by atoms with Crippen molar-refractivity contribution in [2.24, 2.45) is 0 Å². The number of amides is 1. The fraction of sp³-hybridized carbons (Fsp3) is 0.333. The maximum Gasteiger partial charge on any atom is 0.331 e. The number of carbonyl (C=O) groups excluding carboxylic acids is 1. The molecule has 0 unspecified atom stereocenters. The van der Waals surface area contributed by atoms with Crippen LogP contribution in [0.4, 0.5) is 11.5 Å². The Labute approximate surface area is 72.5 Å². The van der Waals surface area contributed by atoms with Gasteiger partial charge in [-0.15, -0.1) is 0 Å². The van der Waals surface area contributed by atoms with E-state index >= 15 is 0 Å². The third-order valence-corrected chi connectivity index (χ3v) is 1.83. The van der Waals surface area contributed by atoms with Crippen LogP contribution < -0.4 is 5.32 Å².